The minimum Gasteiger partial charge on any atom is -0.493 e. The highest BCUT2D eigenvalue weighted by Gasteiger charge is 2.17. The van der Waals surface area contributed by atoms with E-state index in [0.29, 0.717) is 34.7 Å². The van der Waals surface area contributed by atoms with Crippen LogP contribution < -0.4 is 15.6 Å². The van der Waals surface area contributed by atoms with Crippen molar-refractivity contribution >= 4 is 16.8 Å². The number of carbonyl (C=O) groups is 1. The van der Waals surface area contributed by atoms with Gasteiger partial charge in [0.05, 0.1) is 17.5 Å². The molecule has 35 heavy (non-hydrogen) atoms. The Morgan fingerprint density at radius 2 is 1.89 bits per heavy atom. The van der Waals surface area contributed by atoms with Crippen LogP contribution in [0.1, 0.15) is 34.6 Å². The van der Waals surface area contributed by atoms with Gasteiger partial charge in [-0.3, -0.25) is 14.2 Å². The molecule has 0 aliphatic heterocycles. The molecule has 188 valence electrons. The highest BCUT2D eigenvalue weighted by Crippen LogP contribution is 2.23. The van der Waals surface area contributed by atoms with E-state index >= 15 is 0 Å². The average molecular weight is 483 g/mol. The van der Waals surface area contributed by atoms with Crippen LogP contribution in [0.25, 0.3) is 22.3 Å². The molecule has 1 atom stereocenters. The Bertz CT molecular complexity index is 1220. The maximum absolute atomic E-state index is 13.9. The van der Waals surface area contributed by atoms with Gasteiger partial charge in [-0.2, -0.15) is 0 Å². The van der Waals surface area contributed by atoms with Crippen molar-refractivity contribution in [2.45, 2.75) is 47.2 Å². The van der Waals surface area contributed by atoms with Crippen molar-refractivity contribution in [3.8, 4) is 17.1 Å². The molecule has 1 heterocycles. The topological polar surface area (TPSA) is 76.5 Å². The molecule has 3 rings (SSSR count). The van der Waals surface area contributed by atoms with Gasteiger partial charge in [-0.15, -0.1) is 0 Å². The summed E-state index contributed by atoms with van der Waals surface area (Å²) in [7, 11) is 0. The summed E-state index contributed by atoms with van der Waals surface area (Å²) in [6.45, 7) is 13.3. The number of halogens is 1. The van der Waals surface area contributed by atoms with Gasteiger partial charge in [0.2, 0.25) is 5.91 Å². The van der Waals surface area contributed by atoms with Crippen molar-refractivity contribution in [1.82, 2.24) is 19.8 Å². The molecular formula is C27H35FN4O3. The summed E-state index contributed by atoms with van der Waals surface area (Å²) in [5, 5.41) is 3.14. The van der Waals surface area contributed by atoms with E-state index in [1.165, 1.54) is 16.7 Å². The molecule has 0 fully saturated rings. The molecule has 3 aromatic rings. The summed E-state index contributed by atoms with van der Waals surface area (Å²) in [5.41, 5.74) is 0.500. The van der Waals surface area contributed by atoms with Crippen LogP contribution in [0.4, 0.5) is 4.39 Å². The zero-order valence-corrected chi connectivity index (χ0v) is 21.2. The van der Waals surface area contributed by atoms with Crippen molar-refractivity contribution in [1.29, 1.82) is 0 Å². The van der Waals surface area contributed by atoms with Gasteiger partial charge < -0.3 is 15.0 Å². The molecule has 0 saturated heterocycles. The second-order valence-corrected chi connectivity index (χ2v) is 9.14. The third-order valence-corrected chi connectivity index (χ3v) is 5.76. The minimum atomic E-state index is -0.447. The van der Waals surface area contributed by atoms with Crippen LogP contribution in [0, 0.1) is 11.7 Å². The predicted molar refractivity (Wildman–Crippen MR) is 137 cm³/mol. The van der Waals surface area contributed by atoms with Gasteiger partial charge in [-0.1, -0.05) is 32.9 Å². The summed E-state index contributed by atoms with van der Waals surface area (Å²) in [6.07, 6.45) is 0. The number of hydrogen-bond donors (Lipinski definition) is 1. The van der Waals surface area contributed by atoms with Crippen LogP contribution in [-0.4, -0.2) is 52.6 Å². The molecular weight excluding hydrogens is 447 g/mol. The first kappa shape index (κ1) is 26.3. The van der Waals surface area contributed by atoms with Gasteiger partial charge in [-0.25, -0.2) is 9.37 Å². The number of aromatic nitrogens is 2. The van der Waals surface area contributed by atoms with Crippen molar-refractivity contribution < 1.29 is 13.9 Å². The summed E-state index contributed by atoms with van der Waals surface area (Å²) < 4.78 is 21.2. The average Bonchev–Trinajstić information content (AvgIpc) is 2.82. The number of ether oxygens (including phenoxy) is 1. The predicted octanol–water partition coefficient (Wildman–Crippen LogP) is 4.08. The lowest BCUT2D eigenvalue weighted by Gasteiger charge is -2.22. The molecule has 2 aromatic carbocycles. The number of hydrogen-bond acceptors (Lipinski definition) is 5. The first-order chi connectivity index (χ1) is 16.7. The van der Waals surface area contributed by atoms with E-state index < -0.39 is 5.82 Å². The third-order valence-electron chi connectivity index (χ3n) is 5.76. The van der Waals surface area contributed by atoms with Gasteiger partial charge in [-0.05, 0) is 57.3 Å². The standard InChI is InChI=1S/C27H35FN4O3/c1-6-31(7-2)15-19(5)17-35-22-11-12-24-23(14-22)27(34)32(16-25(33)29-18(3)4)26(30-24)20-9-8-10-21(28)13-20/h8-14,18-19H,6-7,15-17H2,1-5H3,(H,29,33)/t19-/m0/s1. The number of benzene rings is 2. The van der Waals surface area contributed by atoms with E-state index in [4.69, 9.17) is 4.74 Å². The monoisotopic (exact) mass is 482 g/mol. The quantitative estimate of drug-likeness (QED) is 0.446. The lowest BCUT2D eigenvalue weighted by molar-refractivity contribution is -0.122. The van der Waals surface area contributed by atoms with Gasteiger partial charge in [0, 0.05) is 24.1 Å². The number of amides is 1. The molecule has 0 saturated carbocycles. The molecule has 1 aromatic heterocycles. The number of nitrogens with one attached hydrogen (secondary N) is 1. The molecule has 1 N–H and O–H groups in total. The second kappa shape index (κ2) is 11.9. The number of rotatable bonds is 11. The normalized spacial score (nSPS) is 12.3. The molecule has 0 aliphatic rings. The Kier molecular flexibility index (Phi) is 8.98. The van der Waals surface area contributed by atoms with E-state index in [2.05, 4.69) is 36.0 Å². The van der Waals surface area contributed by atoms with Crippen molar-refractivity contribution in [3.05, 3.63) is 58.6 Å². The molecule has 0 bridgehead atoms. The zero-order valence-electron chi connectivity index (χ0n) is 21.2. The van der Waals surface area contributed by atoms with Crippen molar-refractivity contribution in [2.75, 3.05) is 26.2 Å². The summed E-state index contributed by atoms with van der Waals surface area (Å²) in [4.78, 5) is 33.0. The van der Waals surface area contributed by atoms with Crippen LogP contribution in [0.3, 0.4) is 0 Å². The zero-order chi connectivity index (χ0) is 25.5. The fourth-order valence-corrected chi connectivity index (χ4v) is 4.01. The Hall–Kier alpha value is -3.26. The Morgan fingerprint density at radius 1 is 1.14 bits per heavy atom. The second-order valence-electron chi connectivity index (χ2n) is 9.14. The summed E-state index contributed by atoms with van der Waals surface area (Å²) >= 11 is 0. The Morgan fingerprint density at radius 3 is 2.54 bits per heavy atom. The van der Waals surface area contributed by atoms with Crippen LogP contribution >= 0.6 is 0 Å². The highest BCUT2D eigenvalue weighted by molar-refractivity contribution is 5.83. The fraction of sp³-hybridized carbons (Fsp3) is 0.444. The molecule has 0 radical (unpaired) electrons. The van der Waals surface area contributed by atoms with Crippen molar-refractivity contribution in [3.63, 3.8) is 0 Å². The smallest absolute Gasteiger partial charge is 0.262 e. The number of nitrogens with zero attached hydrogens (tertiary/aromatic N) is 3. The van der Waals surface area contributed by atoms with Crippen molar-refractivity contribution in [2.24, 2.45) is 5.92 Å². The van der Waals surface area contributed by atoms with Crippen LogP contribution in [0.5, 0.6) is 5.75 Å². The van der Waals surface area contributed by atoms with Crippen LogP contribution in [0.2, 0.25) is 0 Å². The molecule has 8 heteroatoms. The van der Waals surface area contributed by atoms with E-state index in [1.54, 1.807) is 30.3 Å². The highest BCUT2D eigenvalue weighted by atomic mass is 19.1. The van der Waals surface area contributed by atoms with Gasteiger partial charge >= 0.3 is 0 Å². The lowest BCUT2D eigenvalue weighted by atomic mass is 10.1. The van der Waals surface area contributed by atoms with E-state index in [0.717, 1.165) is 19.6 Å². The van der Waals surface area contributed by atoms with Gasteiger partial charge in [0.25, 0.3) is 5.56 Å². The molecule has 7 nitrogen and oxygen atoms in total. The summed E-state index contributed by atoms with van der Waals surface area (Å²) in [5.74, 6) is 0.355. The maximum atomic E-state index is 13.9. The van der Waals surface area contributed by atoms with Gasteiger partial charge in [0.1, 0.15) is 23.9 Å². The van der Waals surface area contributed by atoms with E-state index in [9.17, 15) is 14.0 Å². The van der Waals surface area contributed by atoms with E-state index in [1.807, 2.05) is 13.8 Å². The first-order valence-corrected chi connectivity index (χ1v) is 12.2. The molecule has 0 aliphatic carbocycles. The Balaban J connectivity index is 1.97. The summed E-state index contributed by atoms with van der Waals surface area (Å²) in [6, 6.07) is 10.9. The first-order valence-electron chi connectivity index (χ1n) is 12.2. The maximum Gasteiger partial charge on any atom is 0.262 e. The SMILES string of the molecule is CCN(CC)C[C@H](C)COc1ccc2nc(-c3cccc(F)c3)n(CC(=O)NC(C)C)c(=O)c2c1. The van der Waals surface area contributed by atoms with Gasteiger partial charge in [0.15, 0.2) is 0 Å². The van der Waals surface area contributed by atoms with E-state index in [-0.39, 0.29) is 29.9 Å². The van der Waals surface area contributed by atoms with Crippen LogP contribution in [0.15, 0.2) is 47.3 Å². The largest absolute Gasteiger partial charge is 0.493 e. The fourth-order valence-electron chi connectivity index (χ4n) is 4.01. The van der Waals surface area contributed by atoms with Crippen LogP contribution in [-0.2, 0) is 11.3 Å². The molecule has 1 amide bonds. The molecule has 0 spiro atoms. The Labute approximate surface area is 205 Å². The minimum absolute atomic E-state index is 0.0810. The number of carbonyl (C=O) groups excluding carboxylic acids is 1. The third kappa shape index (κ3) is 6.88. The number of fused-ring (bicyclic) bond motifs is 1. The molecule has 0 unspecified atom stereocenters. The lowest BCUT2D eigenvalue weighted by Crippen LogP contribution is -2.37.